The van der Waals surface area contributed by atoms with Crippen molar-refractivity contribution in [2.75, 3.05) is 0 Å². The van der Waals surface area contributed by atoms with Gasteiger partial charge < -0.3 is 10.4 Å². The first-order valence-corrected chi connectivity index (χ1v) is 8.89. The van der Waals surface area contributed by atoms with Crippen molar-refractivity contribution < 1.29 is 14.7 Å². The Morgan fingerprint density at radius 2 is 2.04 bits per heavy atom. The van der Waals surface area contributed by atoms with E-state index in [0.717, 1.165) is 6.42 Å². The zero-order valence-corrected chi connectivity index (χ0v) is 14.5. The number of hydrogen-bond acceptors (Lipinski definition) is 4. The SMILES string of the molecule is CC(C)c1ccc([C@@H]2C[C@@H]2C(=O)NCc2nc(C(=O)O)cs2)cc1. The highest BCUT2D eigenvalue weighted by Gasteiger charge is 2.43. The molecule has 0 aliphatic heterocycles. The molecule has 1 aromatic heterocycles. The molecule has 2 aromatic rings. The molecular weight excluding hydrogens is 324 g/mol. The first-order valence-electron chi connectivity index (χ1n) is 8.01. The summed E-state index contributed by atoms with van der Waals surface area (Å²) in [7, 11) is 0. The smallest absolute Gasteiger partial charge is 0.355 e. The van der Waals surface area contributed by atoms with Crippen LogP contribution < -0.4 is 5.32 Å². The van der Waals surface area contributed by atoms with Crippen molar-refractivity contribution in [2.24, 2.45) is 5.92 Å². The molecule has 1 fully saturated rings. The van der Waals surface area contributed by atoms with E-state index in [9.17, 15) is 9.59 Å². The van der Waals surface area contributed by atoms with Gasteiger partial charge in [0.1, 0.15) is 5.01 Å². The van der Waals surface area contributed by atoms with Crippen LogP contribution in [0.3, 0.4) is 0 Å². The number of hydrogen-bond donors (Lipinski definition) is 2. The second-order valence-electron chi connectivity index (χ2n) is 6.42. The van der Waals surface area contributed by atoms with Crippen LogP contribution in [-0.4, -0.2) is 22.0 Å². The number of carbonyl (C=O) groups is 2. The molecule has 126 valence electrons. The number of benzene rings is 1. The number of aromatic nitrogens is 1. The number of thiazole rings is 1. The number of carbonyl (C=O) groups excluding carboxylic acids is 1. The lowest BCUT2D eigenvalue weighted by molar-refractivity contribution is -0.122. The van der Waals surface area contributed by atoms with Gasteiger partial charge in [0.25, 0.3) is 0 Å². The third-order valence-electron chi connectivity index (χ3n) is 4.34. The summed E-state index contributed by atoms with van der Waals surface area (Å²) < 4.78 is 0. The minimum Gasteiger partial charge on any atom is -0.476 e. The van der Waals surface area contributed by atoms with Crippen LogP contribution in [-0.2, 0) is 11.3 Å². The Kier molecular flexibility index (Phi) is 4.66. The molecule has 0 radical (unpaired) electrons. The van der Waals surface area contributed by atoms with Gasteiger partial charge in [0.05, 0.1) is 6.54 Å². The predicted octanol–water partition coefficient (Wildman–Crippen LogP) is 3.38. The summed E-state index contributed by atoms with van der Waals surface area (Å²) in [6, 6.07) is 8.51. The van der Waals surface area contributed by atoms with Gasteiger partial charge in [-0.1, -0.05) is 38.1 Å². The summed E-state index contributed by atoms with van der Waals surface area (Å²) in [6.45, 7) is 4.61. The first-order chi connectivity index (χ1) is 11.5. The molecule has 0 bridgehead atoms. The molecule has 3 rings (SSSR count). The number of rotatable bonds is 6. The molecule has 0 saturated heterocycles. The maximum absolute atomic E-state index is 12.2. The Morgan fingerprint density at radius 1 is 1.33 bits per heavy atom. The molecule has 2 N–H and O–H groups in total. The molecule has 0 spiro atoms. The van der Waals surface area contributed by atoms with Crippen molar-refractivity contribution in [3.63, 3.8) is 0 Å². The highest BCUT2D eigenvalue weighted by Crippen LogP contribution is 2.47. The van der Waals surface area contributed by atoms with Crippen molar-refractivity contribution in [3.8, 4) is 0 Å². The predicted molar refractivity (Wildman–Crippen MR) is 92.3 cm³/mol. The largest absolute Gasteiger partial charge is 0.476 e. The van der Waals surface area contributed by atoms with Gasteiger partial charge in [-0.25, -0.2) is 9.78 Å². The van der Waals surface area contributed by atoms with E-state index < -0.39 is 5.97 Å². The van der Waals surface area contributed by atoms with Gasteiger partial charge in [0.2, 0.25) is 5.91 Å². The molecule has 1 amide bonds. The maximum Gasteiger partial charge on any atom is 0.355 e. The van der Waals surface area contributed by atoms with Gasteiger partial charge in [-0.3, -0.25) is 4.79 Å². The van der Waals surface area contributed by atoms with Crippen LogP contribution in [0.2, 0.25) is 0 Å². The van der Waals surface area contributed by atoms with Gasteiger partial charge in [0.15, 0.2) is 5.69 Å². The highest BCUT2D eigenvalue weighted by atomic mass is 32.1. The number of aromatic carboxylic acids is 1. The number of amides is 1. The molecule has 1 aliphatic rings. The number of carboxylic acid groups (broad SMARTS) is 1. The molecule has 1 heterocycles. The minimum absolute atomic E-state index is 0.00815. The van der Waals surface area contributed by atoms with Crippen LogP contribution in [0.25, 0.3) is 0 Å². The fraction of sp³-hybridized carbons (Fsp3) is 0.389. The van der Waals surface area contributed by atoms with Gasteiger partial charge in [0, 0.05) is 11.3 Å². The second-order valence-corrected chi connectivity index (χ2v) is 7.36. The molecule has 6 heteroatoms. The van der Waals surface area contributed by atoms with E-state index in [-0.39, 0.29) is 30.0 Å². The molecule has 5 nitrogen and oxygen atoms in total. The summed E-state index contributed by atoms with van der Waals surface area (Å²) in [6.07, 6.45) is 0.866. The van der Waals surface area contributed by atoms with Crippen LogP contribution in [0.4, 0.5) is 0 Å². The normalized spacial score (nSPS) is 19.3. The number of carboxylic acids is 1. The monoisotopic (exact) mass is 344 g/mol. The fourth-order valence-electron chi connectivity index (χ4n) is 2.77. The first kappa shape index (κ1) is 16.6. The van der Waals surface area contributed by atoms with Gasteiger partial charge >= 0.3 is 5.97 Å². The van der Waals surface area contributed by atoms with Crippen LogP contribution >= 0.6 is 11.3 Å². The summed E-state index contributed by atoms with van der Waals surface area (Å²) >= 11 is 1.25. The molecule has 24 heavy (non-hydrogen) atoms. The van der Waals surface area contributed by atoms with Crippen molar-refractivity contribution in [2.45, 2.75) is 38.6 Å². The Labute approximate surface area is 144 Å². The van der Waals surface area contributed by atoms with Crippen LogP contribution in [0.15, 0.2) is 29.6 Å². The third kappa shape index (κ3) is 3.64. The average molecular weight is 344 g/mol. The van der Waals surface area contributed by atoms with Crippen LogP contribution in [0, 0.1) is 5.92 Å². The van der Waals surface area contributed by atoms with E-state index >= 15 is 0 Å². The van der Waals surface area contributed by atoms with Crippen LogP contribution in [0.5, 0.6) is 0 Å². The second kappa shape index (κ2) is 6.73. The Balaban J connectivity index is 1.52. The molecular formula is C18H20N2O3S. The van der Waals surface area contributed by atoms with E-state index in [2.05, 4.69) is 48.4 Å². The summed E-state index contributed by atoms with van der Waals surface area (Å²) in [5.74, 6) is -0.229. The standard InChI is InChI=1S/C18H20N2O3S/c1-10(2)11-3-5-12(6-4-11)13-7-14(13)17(21)19-8-16-20-15(9-24-16)18(22)23/h3-6,9-10,13-14H,7-8H2,1-2H3,(H,19,21)(H,22,23)/t13-,14-/m0/s1. The lowest BCUT2D eigenvalue weighted by atomic mass is 10.00. The van der Waals surface area contributed by atoms with E-state index in [4.69, 9.17) is 5.11 Å². The average Bonchev–Trinajstić information content (AvgIpc) is 3.22. The molecule has 1 saturated carbocycles. The fourth-order valence-corrected chi connectivity index (χ4v) is 3.47. The quantitative estimate of drug-likeness (QED) is 0.842. The number of nitrogens with one attached hydrogen (secondary N) is 1. The van der Waals surface area contributed by atoms with E-state index in [1.807, 2.05) is 0 Å². The van der Waals surface area contributed by atoms with Crippen LogP contribution in [0.1, 0.15) is 58.7 Å². The van der Waals surface area contributed by atoms with Crippen molar-refractivity contribution in [1.82, 2.24) is 10.3 Å². The van der Waals surface area contributed by atoms with E-state index in [1.54, 1.807) is 0 Å². The molecule has 2 atom stereocenters. The van der Waals surface area contributed by atoms with Gasteiger partial charge in [-0.2, -0.15) is 0 Å². The minimum atomic E-state index is -1.05. The Morgan fingerprint density at radius 3 is 2.62 bits per heavy atom. The van der Waals surface area contributed by atoms with Crippen molar-refractivity contribution in [1.29, 1.82) is 0 Å². The van der Waals surface area contributed by atoms with E-state index in [1.165, 1.54) is 27.8 Å². The van der Waals surface area contributed by atoms with E-state index in [0.29, 0.717) is 10.9 Å². The third-order valence-corrected chi connectivity index (χ3v) is 5.19. The zero-order chi connectivity index (χ0) is 17.3. The summed E-state index contributed by atoms with van der Waals surface area (Å²) in [4.78, 5) is 27.0. The lowest BCUT2D eigenvalue weighted by Gasteiger charge is -2.07. The zero-order valence-electron chi connectivity index (χ0n) is 13.7. The summed E-state index contributed by atoms with van der Waals surface area (Å²) in [5.41, 5.74) is 2.54. The molecule has 0 unspecified atom stereocenters. The summed E-state index contributed by atoms with van der Waals surface area (Å²) in [5, 5.41) is 13.8. The molecule has 1 aliphatic carbocycles. The topological polar surface area (TPSA) is 79.3 Å². The number of nitrogens with zero attached hydrogens (tertiary/aromatic N) is 1. The van der Waals surface area contributed by atoms with Gasteiger partial charge in [-0.15, -0.1) is 11.3 Å². The van der Waals surface area contributed by atoms with Crippen molar-refractivity contribution >= 4 is 23.2 Å². The Hall–Kier alpha value is -2.21. The van der Waals surface area contributed by atoms with Crippen molar-refractivity contribution in [3.05, 3.63) is 51.5 Å². The highest BCUT2D eigenvalue weighted by molar-refractivity contribution is 7.09. The Bertz CT molecular complexity index is 752. The molecule has 1 aromatic carbocycles. The lowest BCUT2D eigenvalue weighted by Crippen LogP contribution is -2.24. The maximum atomic E-state index is 12.2. The van der Waals surface area contributed by atoms with Gasteiger partial charge in [-0.05, 0) is 29.4 Å².